The lowest BCUT2D eigenvalue weighted by Crippen LogP contribution is -2.42. The van der Waals surface area contributed by atoms with Crippen LogP contribution in [0.5, 0.6) is 0 Å². The molecule has 2 fully saturated rings. The molecule has 0 aromatic carbocycles. The number of ether oxygens (including phenoxy) is 3. The van der Waals surface area contributed by atoms with E-state index in [-0.39, 0.29) is 30.1 Å². The molecule has 0 aromatic rings. The van der Waals surface area contributed by atoms with Gasteiger partial charge in [-0.15, -0.1) is 24.0 Å². The Labute approximate surface area is 199 Å². The number of likely N-dealkylation sites (tertiary alicyclic amines) is 1. The number of amides is 1. The number of methoxy groups -OCH3 is 1. The number of carbonyl (C=O) groups excluding carboxylic acids is 1. The Bertz CT molecular complexity index is 538. The topological polar surface area (TPSA) is 75.6 Å². The van der Waals surface area contributed by atoms with Crippen molar-refractivity contribution in [3.8, 4) is 0 Å². The number of rotatable bonds is 10. The second kappa shape index (κ2) is 13.6. The van der Waals surface area contributed by atoms with Gasteiger partial charge in [-0.3, -0.25) is 4.99 Å². The van der Waals surface area contributed by atoms with E-state index in [0.717, 1.165) is 51.5 Å². The van der Waals surface area contributed by atoms with Gasteiger partial charge in [-0.05, 0) is 47.0 Å². The molecule has 1 unspecified atom stereocenters. The molecule has 1 aliphatic carbocycles. The summed E-state index contributed by atoms with van der Waals surface area (Å²) in [5, 5.41) is 3.39. The summed E-state index contributed by atoms with van der Waals surface area (Å²) in [7, 11) is 1.69. The van der Waals surface area contributed by atoms with Gasteiger partial charge in [-0.2, -0.15) is 0 Å². The van der Waals surface area contributed by atoms with E-state index in [4.69, 9.17) is 19.2 Å². The summed E-state index contributed by atoms with van der Waals surface area (Å²) >= 11 is 0. The molecule has 8 nitrogen and oxygen atoms in total. The van der Waals surface area contributed by atoms with Crippen molar-refractivity contribution in [3.63, 3.8) is 0 Å². The Morgan fingerprint density at radius 3 is 2.57 bits per heavy atom. The quantitative estimate of drug-likeness (QED) is 0.199. The predicted octanol–water partition coefficient (Wildman–Crippen LogP) is 2.95. The Morgan fingerprint density at radius 2 is 1.97 bits per heavy atom. The normalized spacial score (nSPS) is 19.4. The van der Waals surface area contributed by atoms with E-state index in [2.05, 4.69) is 17.1 Å². The van der Waals surface area contributed by atoms with Crippen LogP contribution in [-0.2, 0) is 14.2 Å². The van der Waals surface area contributed by atoms with E-state index in [0.29, 0.717) is 38.3 Å². The number of carbonyl (C=O) groups is 1. The van der Waals surface area contributed by atoms with Gasteiger partial charge in [0, 0.05) is 45.2 Å². The fourth-order valence-corrected chi connectivity index (χ4v) is 3.37. The monoisotopic (exact) mass is 540 g/mol. The first-order valence-corrected chi connectivity index (χ1v) is 10.9. The van der Waals surface area contributed by atoms with E-state index in [1.165, 1.54) is 0 Å². The van der Waals surface area contributed by atoms with Gasteiger partial charge in [-0.1, -0.05) is 0 Å². The molecule has 1 aliphatic heterocycles. The highest BCUT2D eigenvalue weighted by atomic mass is 127. The summed E-state index contributed by atoms with van der Waals surface area (Å²) in [5.41, 5.74) is -0.474. The lowest BCUT2D eigenvalue weighted by atomic mass is 10.1. The number of hydrogen-bond donors (Lipinski definition) is 1. The Morgan fingerprint density at radius 1 is 1.23 bits per heavy atom. The molecule has 1 amide bonds. The number of halogens is 1. The van der Waals surface area contributed by atoms with Crippen LogP contribution < -0.4 is 5.32 Å². The molecule has 0 bridgehead atoms. The zero-order valence-corrected chi connectivity index (χ0v) is 21.6. The van der Waals surface area contributed by atoms with Crippen LogP contribution in [-0.4, -0.2) is 93.1 Å². The number of hydrogen-bond acceptors (Lipinski definition) is 5. The third kappa shape index (κ3) is 10.00. The molecule has 1 heterocycles. The molecule has 9 heteroatoms. The zero-order valence-electron chi connectivity index (χ0n) is 19.3. The maximum absolute atomic E-state index is 12.5. The van der Waals surface area contributed by atoms with Crippen LogP contribution in [0.2, 0.25) is 0 Å². The first-order valence-electron chi connectivity index (χ1n) is 10.9. The van der Waals surface area contributed by atoms with Crippen LogP contribution in [0, 0.1) is 5.92 Å². The van der Waals surface area contributed by atoms with Crippen LogP contribution in [0.3, 0.4) is 0 Å². The third-order valence-electron chi connectivity index (χ3n) is 4.92. The molecule has 2 aliphatic rings. The third-order valence-corrected chi connectivity index (χ3v) is 4.92. The Hall–Kier alpha value is -0.810. The van der Waals surface area contributed by atoms with Crippen molar-refractivity contribution in [2.75, 3.05) is 59.7 Å². The molecule has 1 saturated carbocycles. The highest BCUT2D eigenvalue weighted by Gasteiger charge is 2.35. The van der Waals surface area contributed by atoms with Crippen molar-refractivity contribution in [2.24, 2.45) is 10.9 Å². The van der Waals surface area contributed by atoms with E-state index >= 15 is 0 Å². The summed E-state index contributed by atoms with van der Waals surface area (Å²) in [5.74, 6) is 1.44. The Balaban J connectivity index is 0.00000450. The van der Waals surface area contributed by atoms with Gasteiger partial charge in [0.2, 0.25) is 0 Å². The minimum absolute atomic E-state index is 0. The minimum atomic E-state index is -0.474. The smallest absolute Gasteiger partial charge is 0.410 e. The van der Waals surface area contributed by atoms with Crippen molar-refractivity contribution in [2.45, 2.75) is 58.6 Å². The molecule has 1 N–H and O–H groups in total. The van der Waals surface area contributed by atoms with Gasteiger partial charge >= 0.3 is 6.09 Å². The molecule has 30 heavy (non-hydrogen) atoms. The summed E-state index contributed by atoms with van der Waals surface area (Å²) in [6.45, 7) is 13.7. The van der Waals surface area contributed by atoms with Gasteiger partial charge in [0.15, 0.2) is 5.96 Å². The molecule has 1 atom stereocenters. The van der Waals surface area contributed by atoms with Crippen molar-refractivity contribution >= 4 is 36.0 Å². The zero-order chi connectivity index (χ0) is 21.3. The standard InChI is InChI=1S/C21H40N4O4.HI/c1-6-22-19(24-11-9-17(15-24)16-28-14-13-27-5)23-10-12-25(18-7-8-18)20(26)29-21(2,3)4;/h17-18H,6-16H2,1-5H3,(H,22,23);1H. The highest BCUT2D eigenvalue weighted by molar-refractivity contribution is 14.0. The highest BCUT2D eigenvalue weighted by Crippen LogP contribution is 2.28. The fourth-order valence-electron chi connectivity index (χ4n) is 3.37. The first-order chi connectivity index (χ1) is 13.8. The van der Waals surface area contributed by atoms with E-state index < -0.39 is 5.60 Å². The average molecular weight is 540 g/mol. The van der Waals surface area contributed by atoms with Gasteiger partial charge in [0.25, 0.3) is 0 Å². The SMILES string of the molecule is CCNC(=NCCN(C(=O)OC(C)(C)C)C1CC1)N1CCC(COCCOC)C1.I. The average Bonchev–Trinajstić information content (AvgIpc) is 3.37. The number of nitrogens with zero attached hydrogens (tertiary/aromatic N) is 3. The lowest BCUT2D eigenvalue weighted by molar-refractivity contribution is 0.0240. The molecular weight excluding hydrogens is 499 g/mol. The summed E-state index contributed by atoms with van der Waals surface area (Å²) in [6.07, 6.45) is 2.98. The molecule has 0 spiro atoms. The molecular formula is C21H41IN4O4. The van der Waals surface area contributed by atoms with E-state index in [1.807, 2.05) is 25.7 Å². The first kappa shape index (κ1) is 27.2. The number of aliphatic imine (C=N–C) groups is 1. The van der Waals surface area contributed by atoms with E-state index in [9.17, 15) is 4.79 Å². The summed E-state index contributed by atoms with van der Waals surface area (Å²) < 4.78 is 16.3. The molecule has 2 rings (SSSR count). The van der Waals surface area contributed by atoms with Crippen molar-refractivity contribution in [1.82, 2.24) is 15.1 Å². The van der Waals surface area contributed by atoms with Crippen LogP contribution in [0.4, 0.5) is 4.79 Å². The molecule has 0 radical (unpaired) electrons. The lowest BCUT2D eigenvalue weighted by Gasteiger charge is -2.27. The summed E-state index contributed by atoms with van der Waals surface area (Å²) in [6, 6.07) is 0.308. The van der Waals surface area contributed by atoms with Crippen LogP contribution in [0.15, 0.2) is 4.99 Å². The van der Waals surface area contributed by atoms with Crippen LogP contribution in [0.1, 0.15) is 47.0 Å². The number of nitrogens with one attached hydrogen (secondary N) is 1. The molecule has 176 valence electrons. The van der Waals surface area contributed by atoms with Gasteiger partial charge in [0.1, 0.15) is 5.60 Å². The van der Waals surface area contributed by atoms with E-state index in [1.54, 1.807) is 7.11 Å². The maximum Gasteiger partial charge on any atom is 0.410 e. The predicted molar refractivity (Wildman–Crippen MR) is 130 cm³/mol. The van der Waals surface area contributed by atoms with Crippen molar-refractivity contribution in [3.05, 3.63) is 0 Å². The molecule has 1 saturated heterocycles. The molecule has 0 aromatic heterocycles. The van der Waals surface area contributed by atoms with Crippen molar-refractivity contribution < 1.29 is 19.0 Å². The van der Waals surface area contributed by atoms with Gasteiger partial charge in [-0.25, -0.2) is 4.79 Å². The minimum Gasteiger partial charge on any atom is -0.444 e. The van der Waals surface area contributed by atoms with Gasteiger partial charge < -0.3 is 29.3 Å². The van der Waals surface area contributed by atoms with Crippen LogP contribution >= 0.6 is 24.0 Å². The second-order valence-corrected chi connectivity index (χ2v) is 8.81. The largest absolute Gasteiger partial charge is 0.444 e. The second-order valence-electron chi connectivity index (χ2n) is 8.81. The van der Waals surface area contributed by atoms with Crippen molar-refractivity contribution in [1.29, 1.82) is 0 Å². The fraction of sp³-hybridized carbons (Fsp3) is 0.905. The van der Waals surface area contributed by atoms with Gasteiger partial charge in [0.05, 0.1) is 26.4 Å². The summed E-state index contributed by atoms with van der Waals surface area (Å²) in [4.78, 5) is 21.4. The number of guanidine groups is 1. The maximum atomic E-state index is 12.5. The van der Waals surface area contributed by atoms with Crippen LogP contribution in [0.25, 0.3) is 0 Å². The Kier molecular flexibility index (Phi) is 12.3.